The van der Waals surface area contributed by atoms with Crippen LogP contribution in [0.1, 0.15) is 37.1 Å². The number of hydrogen-bond acceptors (Lipinski definition) is 4. The molecule has 7 heteroatoms. The standard InChI is InChI=1S/C29H30N4O3/c34-28(30-18-21-9-8-12-23(17-21)31-29(35)22-10-4-5-11-22)19-33-26-16-7-6-15-25(26)32-27(33)20-36-24-13-2-1-3-14-24/h1-3,6-9,12-17,22H,4-5,10-11,18-20H2,(H,30,34)(H,31,35). The van der Waals surface area contributed by atoms with Gasteiger partial charge in [-0.25, -0.2) is 4.98 Å². The lowest BCUT2D eigenvalue weighted by molar-refractivity contribution is -0.122. The molecule has 0 spiro atoms. The van der Waals surface area contributed by atoms with Crippen LogP contribution >= 0.6 is 0 Å². The highest BCUT2D eigenvalue weighted by Gasteiger charge is 2.22. The predicted octanol–water partition coefficient (Wildman–Crippen LogP) is 5.06. The zero-order valence-electron chi connectivity index (χ0n) is 20.2. The van der Waals surface area contributed by atoms with Gasteiger partial charge in [-0.15, -0.1) is 0 Å². The number of ether oxygens (including phenoxy) is 1. The molecule has 1 aromatic heterocycles. The molecule has 2 N–H and O–H groups in total. The molecule has 7 nitrogen and oxygen atoms in total. The molecule has 36 heavy (non-hydrogen) atoms. The van der Waals surface area contributed by atoms with Gasteiger partial charge < -0.3 is 19.9 Å². The van der Waals surface area contributed by atoms with Gasteiger partial charge >= 0.3 is 0 Å². The predicted molar refractivity (Wildman–Crippen MR) is 139 cm³/mol. The van der Waals surface area contributed by atoms with Gasteiger partial charge in [0.25, 0.3) is 0 Å². The number of fused-ring (bicyclic) bond motifs is 1. The number of para-hydroxylation sites is 3. The SMILES string of the molecule is O=C(Cn1c(COc2ccccc2)nc2ccccc21)NCc1cccc(NC(=O)C2CCCC2)c1. The molecule has 184 valence electrons. The number of benzene rings is 3. The number of carbonyl (C=O) groups excluding carboxylic acids is 2. The van der Waals surface area contributed by atoms with Crippen LogP contribution in [-0.2, 0) is 29.3 Å². The van der Waals surface area contributed by atoms with Gasteiger partial charge in [-0.3, -0.25) is 9.59 Å². The van der Waals surface area contributed by atoms with Crippen LogP contribution in [0.15, 0.2) is 78.9 Å². The second-order valence-corrected chi connectivity index (χ2v) is 9.15. The highest BCUT2D eigenvalue weighted by Crippen LogP contribution is 2.26. The minimum atomic E-state index is -0.125. The van der Waals surface area contributed by atoms with Crippen LogP contribution < -0.4 is 15.4 Å². The molecule has 0 bridgehead atoms. The number of rotatable bonds is 9. The Morgan fingerprint density at radius 2 is 1.72 bits per heavy atom. The van der Waals surface area contributed by atoms with Gasteiger partial charge in [0.15, 0.2) is 0 Å². The van der Waals surface area contributed by atoms with E-state index in [1.54, 1.807) is 0 Å². The lowest BCUT2D eigenvalue weighted by Gasteiger charge is -2.13. The number of nitrogens with zero attached hydrogens (tertiary/aromatic N) is 2. The lowest BCUT2D eigenvalue weighted by atomic mass is 10.1. The van der Waals surface area contributed by atoms with Crippen molar-refractivity contribution in [3.8, 4) is 5.75 Å². The van der Waals surface area contributed by atoms with Crippen molar-refractivity contribution in [3.63, 3.8) is 0 Å². The van der Waals surface area contributed by atoms with Crippen LogP contribution in [0.5, 0.6) is 5.75 Å². The summed E-state index contributed by atoms with van der Waals surface area (Å²) in [6, 6.07) is 24.9. The largest absolute Gasteiger partial charge is 0.486 e. The minimum Gasteiger partial charge on any atom is -0.486 e. The molecule has 0 unspecified atom stereocenters. The molecule has 2 amide bonds. The van der Waals surface area contributed by atoms with Crippen molar-refractivity contribution in [2.24, 2.45) is 5.92 Å². The van der Waals surface area contributed by atoms with Crippen molar-refractivity contribution >= 4 is 28.5 Å². The molecular weight excluding hydrogens is 452 g/mol. The van der Waals surface area contributed by atoms with Crippen LogP contribution in [-0.4, -0.2) is 21.4 Å². The van der Waals surface area contributed by atoms with E-state index >= 15 is 0 Å². The second kappa shape index (κ2) is 11.1. The fourth-order valence-corrected chi connectivity index (χ4v) is 4.67. The van der Waals surface area contributed by atoms with E-state index in [2.05, 4.69) is 15.6 Å². The van der Waals surface area contributed by atoms with E-state index in [0.29, 0.717) is 12.4 Å². The summed E-state index contributed by atoms with van der Waals surface area (Å²) in [5.41, 5.74) is 3.40. The Bertz CT molecular complexity index is 1340. The highest BCUT2D eigenvalue weighted by atomic mass is 16.5. The summed E-state index contributed by atoms with van der Waals surface area (Å²) in [4.78, 5) is 30.1. The first-order chi connectivity index (χ1) is 17.7. The molecule has 3 aromatic carbocycles. The summed E-state index contributed by atoms with van der Waals surface area (Å²) >= 11 is 0. The van der Waals surface area contributed by atoms with Gasteiger partial charge in [-0.2, -0.15) is 0 Å². The first kappa shape index (κ1) is 23.6. The topological polar surface area (TPSA) is 85.2 Å². The van der Waals surface area contributed by atoms with Crippen molar-refractivity contribution in [3.05, 3.63) is 90.3 Å². The van der Waals surface area contributed by atoms with Crippen LogP contribution in [0.2, 0.25) is 0 Å². The maximum atomic E-state index is 12.9. The fraction of sp³-hybridized carbons (Fsp3) is 0.276. The molecule has 0 radical (unpaired) electrons. The zero-order chi connectivity index (χ0) is 24.7. The summed E-state index contributed by atoms with van der Waals surface area (Å²) in [5.74, 6) is 1.51. The number of hydrogen-bond donors (Lipinski definition) is 2. The minimum absolute atomic E-state index is 0.0888. The van der Waals surface area contributed by atoms with Crippen molar-refractivity contribution in [1.29, 1.82) is 0 Å². The van der Waals surface area contributed by atoms with Crippen molar-refractivity contribution in [1.82, 2.24) is 14.9 Å². The molecule has 4 aromatic rings. The van der Waals surface area contributed by atoms with Gasteiger partial charge in [-0.1, -0.05) is 55.3 Å². The molecule has 1 aliphatic carbocycles. The molecule has 0 atom stereocenters. The van der Waals surface area contributed by atoms with Crippen LogP contribution in [0.25, 0.3) is 11.0 Å². The first-order valence-corrected chi connectivity index (χ1v) is 12.4. The van der Waals surface area contributed by atoms with E-state index in [4.69, 9.17) is 4.74 Å². The Morgan fingerprint density at radius 3 is 2.56 bits per heavy atom. The molecule has 5 rings (SSSR count). The number of imidazole rings is 1. The quantitative estimate of drug-likeness (QED) is 0.349. The summed E-state index contributed by atoms with van der Waals surface area (Å²) in [6.07, 6.45) is 4.17. The van der Waals surface area contributed by atoms with Crippen LogP contribution in [0, 0.1) is 5.92 Å². The van der Waals surface area contributed by atoms with Crippen LogP contribution in [0.3, 0.4) is 0 Å². The summed E-state index contributed by atoms with van der Waals surface area (Å²) < 4.78 is 7.80. The number of aromatic nitrogens is 2. The second-order valence-electron chi connectivity index (χ2n) is 9.15. The fourth-order valence-electron chi connectivity index (χ4n) is 4.67. The Hall–Kier alpha value is -4.13. The maximum Gasteiger partial charge on any atom is 0.240 e. The molecule has 1 fully saturated rings. The maximum absolute atomic E-state index is 12.9. The monoisotopic (exact) mass is 482 g/mol. The molecule has 1 aliphatic rings. The normalized spacial score (nSPS) is 13.6. The van der Waals surface area contributed by atoms with E-state index < -0.39 is 0 Å². The Balaban J connectivity index is 1.22. The summed E-state index contributed by atoms with van der Waals surface area (Å²) in [7, 11) is 0. The average Bonchev–Trinajstić information content (AvgIpc) is 3.56. The van der Waals surface area contributed by atoms with E-state index in [1.165, 1.54) is 0 Å². The van der Waals surface area contributed by atoms with Gasteiger partial charge in [0.05, 0.1) is 11.0 Å². The Morgan fingerprint density at radius 1 is 0.944 bits per heavy atom. The zero-order valence-corrected chi connectivity index (χ0v) is 20.2. The van der Waals surface area contributed by atoms with E-state index in [1.807, 2.05) is 83.4 Å². The Kier molecular flexibility index (Phi) is 7.26. The van der Waals surface area contributed by atoms with Crippen molar-refractivity contribution in [2.45, 2.75) is 45.4 Å². The lowest BCUT2D eigenvalue weighted by Crippen LogP contribution is -2.28. The van der Waals surface area contributed by atoms with Gasteiger partial charge in [-0.05, 0) is 54.8 Å². The molecule has 1 heterocycles. The van der Waals surface area contributed by atoms with Gasteiger partial charge in [0, 0.05) is 18.2 Å². The molecule has 0 aliphatic heterocycles. The third-order valence-corrected chi connectivity index (χ3v) is 6.56. The first-order valence-electron chi connectivity index (χ1n) is 12.4. The number of anilines is 1. The summed E-state index contributed by atoms with van der Waals surface area (Å²) in [5, 5.41) is 6.02. The van der Waals surface area contributed by atoms with Gasteiger partial charge in [0.2, 0.25) is 11.8 Å². The number of nitrogens with one attached hydrogen (secondary N) is 2. The average molecular weight is 483 g/mol. The summed E-state index contributed by atoms with van der Waals surface area (Å²) in [6.45, 7) is 0.759. The molecule has 1 saturated carbocycles. The third kappa shape index (κ3) is 5.74. The molecule has 0 saturated heterocycles. The van der Waals surface area contributed by atoms with Crippen molar-refractivity contribution in [2.75, 3.05) is 5.32 Å². The molecular formula is C29H30N4O3. The number of carbonyl (C=O) groups is 2. The van der Waals surface area contributed by atoms with Gasteiger partial charge in [0.1, 0.15) is 24.7 Å². The third-order valence-electron chi connectivity index (χ3n) is 6.56. The van der Waals surface area contributed by atoms with E-state index in [-0.39, 0.29) is 30.9 Å². The van der Waals surface area contributed by atoms with Crippen molar-refractivity contribution < 1.29 is 14.3 Å². The van der Waals surface area contributed by atoms with E-state index in [0.717, 1.165) is 53.7 Å². The number of amides is 2. The van der Waals surface area contributed by atoms with E-state index in [9.17, 15) is 9.59 Å². The Labute approximate surface area is 210 Å². The smallest absolute Gasteiger partial charge is 0.240 e. The highest BCUT2D eigenvalue weighted by molar-refractivity contribution is 5.92. The van der Waals surface area contributed by atoms with Crippen LogP contribution in [0.4, 0.5) is 5.69 Å².